The van der Waals surface area contributed by atoms with Gasteiger partial charge in [-0.05, 0) is 24.3 Å². The number of imidazole rings is 1. The van der Waals surface area contributed by atoms with Gasteiger partial charge >= 0.3 is 5.97 Å². The number of nitrogens with zero attached hydrogens (tertiary/aromatic N) is 3. The Bertz CT molecular complexity index is 668. The zero-order valence-corrected chi connectivity index (χ0v) is 13.0. The predicted octanol–water partition coefficient (Wildman–Crippen LogP) is 0.739. The second-order valence-electron chi connectivity index (χ2n) is 5.49. The molecule has 0 spiro atoms. The molecular weight excluding hydrogens is 296 g/mol. The van der Waals surface area contributed by atoms with Crippen molar-refractivity contribution in [2.24, 2.45) is 0 Å². The number of aliphatic carboxylic acids is 1. The Labute approximate surface area is 134 Å². The summed E-state index contributed by atoms with van der Waals surface area (Å²) in [5.41, 5.74) is 1.00. The van der Waals surface area contributed by atoms with Crippen molar-refractivity contribution in [1.82, 2.24) is 19.8 Å². The Hall–Kier alpha value is -2.38. The molecule has 1 aliphatic heterocycles. The maximum absolute atomic E-state index is 11.1. The van der Waals surface area contributed by atoms with Gasteiger partial charge in [0.15, 0.2) is 0 Å². The summed E-state index contributed by atoms with van der Waals surface area (Å²) in [5, 5.41) is 12.1. The molecule has 2 N–H and O–H groups in total. The summed E-state index contributed by atoms with van der Waals surface area (Å²) >= 11 is 0. The lowest BCUT2D eigenvalue weighted by Crippen LogP contribution is -2.53. The number of carbonyl (C=O) groups is 1. The van der Waals surface area contributed by atoms with Crippen LogP contribution >= 0.6 is 0 Å². The van der Waals surface area contributed by atoms with E-state index in [9.17, 15) is 4.79 Å². The monoisotopic (exact) mass is 316 g/mol. The fourth-order valence-electron chi connectivity index (χ4n) is 2.75. The van der Waals surface area contributed by atoms with Crippen molar-refractivity contribution in [1.29, 1.82) is 0 Å². The third-order valence-electron chi connectivity index (χ3n) is 3.99. The second-order valence-corrected chi connectivity index (χ2v) is 5.49. The molecule has 0 amide bonds. The highest BCUT2D eigenvalue weighted by atomic mass is 16.5. The minimum absolute atomic E-state index is 0.477. The number of methoxy groups -OCH3 is 1. The number of rotatable bonds is 5. The van der Waals surface area contributed by atoms with E-state index in [4.69, 9.17) is 9.84 Å². The standard InChI is InChI=1S/C16H20N4O3/c1-23-13-4-2-12(3-5-13)20-9-7-18-15(20)11-19-8-6-17-14(10-19)16(21)22/h2-5,7,9,14,17H,6,8,10-11H2,1H3,(H,21,22)/t14-/m0/s1. The number of carboxylic acids is 1. The summed E-state index contributed by atoms with van der Waals surface area (Å²) in [5.74, 6) is 0.885. The number of ether oxygens (including phenoxy) is 1. The van der Waals surface area contributed by atoms with Crippen LogP contribution in [0, 0.1) is 0 Å². The number of hydrogen-bond acceptors (Lipinski definition) is 5. The molecule has 0 unspecified atom stereocenters. The summed E-state index contributed by atoms with van der Waals surface area (Å²) in [4.78, 5) is 17.7. The van der Waals surface area contributed by atoms with Crippen molar-refractivity contribution in [3.05, 3.63) is 42.5 Å². The normalized spacial score (nSPS) is 18.7. The minimum Gasteiger partial charge on any atom is -0.497 e. The topological polar surface area (TPSA) is 79.6 Å². The molecule has 0 saturated carbocycles. The van der Waals surface area contributed by atoms with Crippen molar-refractivity contribution in [2.75, 3.05) is 26.7 Å². The first kappa shape index (κ1) is 15.5. The Kier molecular flexibility index (Phi) is 4.59. The molecule has 23 heavy (non-hydrogen) atoms. The summed E-state index contributed by atoms with van der Waals surface area (Å²) in [6.07, 6.45) is 3.67. The molecule has 2 aromatic rings. The summed E-state index contributed by atoms with van der Waals surface area (Å²) < 4.78 is 7.19. The van der Waals surface area contributed by atoms with Gasteiger partial charge in [0, 0.05) is 37.7 Å². The van der Waals surface area contributed by atoms with E-state index in [0.717, 1.165) is 23.8 Å². The van der Waals surface area contributed by atoms with E-state index in [-0.39, 0.29) is 0 Å². The van der Waals surface area contributed by atoms with Gasteiger partial charge < -0.3 is 19.7 Å². The maximum Gasteiger partial charge on any atom is 0.322 e. The molecule has 1 fully saturated rings. The first-order valence-electron chi connectivity index (χ1n) is 7.52. The van der Waals surface area contributed by atoms with E-state index in [1.807, 2.05) is 35.0 Å². The van der Waals surface area contributed by atoms with Crippen molar-refractivity contribution in [2.45, 2.75) is 12.6 Å². The van der Waals surface area contributed by atoms with E-state index >= 15 is 0 Å². The number of hydrogen-bond donors (Lipinski definition) is 2. The maximum atomic E-state index is 11.1. The number of carboxylic acid groups (broad SMARTS) is 1. The molecule has 0 bridgehead atoms. The quantitative estimate of drug-likeness (QED) is 0.847. The van der Waals surface area contributed by atoms with Crippen molar-refractivity contribution < 1.29 is 14.6 Å². The zero-order valence-electron chi connectivity index (χ0n) is 13.0. The Morgan fingerprint density at radius 2 is 2.22 bits per heavy atom. The van der Waals surface area contributed by atoms with Crippen LogP contribution < -0.4 is 10.1 Å². The molecule has 1 aromatic carbocycles. The zero-order chi connectivity index (χ0) is 16.2. The molecule has 1 aliphatic rings. The average Bonchev–Trinajstić information content (AvgIpc) is 3.03. The molecule has 1 saturated heterocycles. The van der Waals surface area contributed by atoms with Crippen LogP contribution in [-0.2, 0) is 11.3 Å². The molecular formula is C16H20N4O3. The van der Waals surface area contributed by atoms with E-state index in [2.05, 4.69) is 15.2 Å². The van der Waals surface area contributed by atoms with Crippen LogP contribution in [0.15, 0.2) is 36.7 Å². The lowest BCUT2D eigenvalue weighted by molar-refractivity contribution is -0.140. The van der Waals surface area contributed by atoms with Gasteiger partial charge in [0.05, 0.1) is 13.7 Å². The smallest absolute Gasteiger partial charge is 0.322 e. The van der Waals surface area contributed by atoms with Crippen LogP contribution in [-0.4, -0.2) is 58.3 Å². The Balaban J connectivity index is 1.74. The lowest BCUT2D eigenvalue weighted by atomic mass is 10.2. The molecule has 3 rings (SSSR count). The van der Waals surface area contributed by atoms with E-state index in [1.54, 1.807) is 13.3 Å². The van der Waals surface area contributed by atoms with Crippen LogP contribution in [0.3, 0.4) is 0 Å². The van der Waals surface area contributed by atoms with Gasteiger partial charge in [-0.15, -0.1) is 0 Å². The summed E-state index contributed by atoms with van der Waals surface area (Å²) in [7, 11) is 1.64. The highest BCUT2D eigenvalue weighted by Crippen LogP contribution is 2.17. The summed E-state index contributed by atoms with van der Waals surface area (Å²) in [6, 6.07) is 7.24. The first-order chi connectivity index (χ1) is 11.2. The fourth-order valence-corrected chi connectivity index (χ4v) is 2.75. The molecule has 1 aromatic heterocycles. The van der Waals surface area contributed by atoms with Crippen molar-refractivity contribution in [3.8, 4) is 11.4 Å². The summed E-state index contributed by atoms with van der Waals surface area (Å²) in [6.45, 7) is 2.56. The van der Waals surface area contributed by atoms with E-state index in [1.165, 1.54) is 0 Å². The van der Waals surface area contributed by atoms with Crippen LogP contribution in [0.2, 0.25) is 0 Å². The van der Waals surface area contributed by atoms with Gasteiger partial charge in [-0.25, -0.2) is 4.98 Å². The Morgan fingerprint density at radius 3 is 2.91 bits per heavy atom. The highest BCUT2D eigenvalue weighted by molar-refractivity contribution is 5.73. The SMILES string of the molecule is COc1ccc(-n2ccnc2CN2CCN[C@H](C(=O)O)C2)cc1. The van der Waals surface area contributed by atoms with Crippen LogP contribution in [0.5, 0.6) is 5.75 Å². The van der Waals surface area contributed by atoms with Crippen LogP contribution in [0.4, 0.5) is 0 Å². The van der Waals surface area contributed by atoms with Gasteiger partial charge in [-0.3, -0.25) is 9.69 Å². The third-order valence-corrected chi connectivity index (χ3v) is 3.99. The third kappa shape index (κ3) is 3.52. The second kappa shape index (κ2) is 6.80. The molecule has 0 radical (unpaired) electrons. The van der Waals surface area contributed by atoms with Gasteiger partial charge in [0.1, 0.15) is 17.6 Å². The van der Waals surface area contributed by atoms with E-state index in [0.29, 0.717) is 19.6 Å². The Morgan fingerprint density at radius 1 is 1.43 bits per heavy atom. The minimum atomic E-state index is -0.812. The molecule has 0 aliphatic carbocycles. The van der Waals surface area contributed by atoms with Gasteiger partial charge in [0.25, 0.3) is 0 Å². The molecule has 2 heterocycles. The van der Waals surface area contributed by atoms with Crippen molar-refractivity contribution >= 4 is 5.97 Å². The van der Waals surface area contributed by atoms with Gasteiger partial charge in [-0.2, -0.15) is 0 Å². The number of aromatic nitrogens is 2. The lowest BCUT2D eigenvalue weighted by Gasteiger charge is -2.31. The molecule has 122 valence electrons. The first-order valence-corrected chi connectivity index (χ1v) is 7.52. The van der Waals surface area contributed by atoms with Crippen molar-refractivity contribution in [3.63, 3.8) is 0 Å². The van der Waals surface area contributed by atoms with Crippen LogP contribution in [0.1, 0.15) is 5.82 Å². The predicted molar refractivity (Wildman–Crippen MR) is 84.8 cm³/mol. The molecule has 1 atom stereocenters. The fraction of sp³-hybridized carbons (Fsp3) is 0.375. The number of benzene rings is 1. The van der Waals surface area contributed by atoms with Gasteiger partial charge in [-0.1, -0.05) is 0 Å². The number of nitrogens with one attached hydrogen (secondary N) is 1. The highest BCUT2D eigenvalue weighted by Gasteiger charge is 2.25. The van der Waals surface area contributed by atoms with E-state index < -0.39 is 12.0 Å². The largest absolute Gasteiger partial charge is 0.497 e. The number of piperazine rings is 1. The average molecular weight is 316 g/mol. The van der Waals surface area contributed by atoms with Gasteiger partial charge in [0.2, 0.25) is 0 Å². The molecule has 7 heteroatoms. The molecule has 7 nitrogen and oxygen atoms in total. The van der Waals surface area contributed by atoms with Crippen LogP contribution in [0.25, 0.3) is 5.69 Å².